The van der Waals surface area contributed by atoms with Crippen molar-refractivity contribution in [1.29, 1.82) is 0 Å². The van der Waals surface area contributed by atoms with E-state index in [-0.39, 0.29) is 0 Å². The lowest BCUT2D eigenvalue weighted by Crippen LogP contribution is -2.34. The molecule has 0 fully saturated rings. The number of anilines is 1. The van der Waals surface area contributed by atoms with Crippen LogP contribution in [0.4, 0.5) is 5.69 Å². The fourth-order valence-electron chi connectivity index (χ4n) is 7.55. The smallest absolute Gasteiger partial charge is 0.335 e. The Kier molecular flexibility index (Phi) is 10.2. The first-order valence-electron chi connectivity index (χ1n) is 18.1. The monoisotopic (exact) mass is 728 g/mol. The van der Waals surface area contributed by atoms with Gasteiger partial charge in [0.1, 0.15) is 23.2 Å². The summed E-state index contributed by atoms with van der Waals surface area (Å²) < 4.78 is 2.24. The number of fused-ring (bicyclic) bond motifs is 2. The fraction of sp³-hybridized carbons (Fsp3) is 0.106. The molecule has 8 rings (SSSR count). The third-order valence-electron chi connectivity index (χ3n) is 10.1. The average molecular weight is 729 g/mol. The molecule has 0 spiro atoms. The third-order valence-corrected chi connectivity index (χ3v) is 15.8. The van der Waals surface area contributed by atoms with Crippen LogP contribution in [0.3, 0.4) is 0 Å². The van der Waals surface area contributed by atoms with Crippen LogP contribution in [-0.4, -0.2) is 23.8 Å². The maximum atomic E-state index is 11.4. The lowest BCUT2D eigenvalue weighted by molar-refractivity contribution is -0.662. The van der Waals surface area contributed by atoms with Crippen LogP contribution < -0.4 is 25.4 Å². The Labute approximate surface area is 316 Å². The predicted octanol–water partition coefficient (Wildman–Crippen LogP) is 9.56. The van der Waals surface area contributed by atoms with E-state index in [0.29, 0.717) is 12.1 Å². The highest BCUT2D eigenvalue weighted by Crippen LogP contribution is 2.56. The number of unbranched alkanes of at least 4 members (excludes halogenated alkanes) is 1. The number of benzene rings is 6. The van der Waals surface area contributed by atoms with Crippen LogP contribution in [0.25, 0.3) is 17.0 Å². The molecule has 0 unspecified atom stereocenters. The fourth-order valence-corrected chi connectivity index (χ4v) is 13.1. The van der Waals surface area contributed by atoms with Gasteiger partial charge in [0.15, 0.2) is 12.7 Å². The number of hydrogen-bond donors (Lipinski definition) is 1. The Morgan fingerprint density at radius 2 is 1.25 bits per heavy atom. The van der Waals surface area contributed by atoms with Gasteiger partial charge in [0.25, 0.3) is 0 Å². The second-order valence-corrected chi connectivity index (χ2v) is 18.0. The van der Waals surface area contributed by atoms with E-state index in [1.807, 2.05) is 23.9 Å². The maximum absolute atomic E-state index is 11.4. The molecular formula is C47H41N2O2PS+2. The van der Waals surface area contributed by atoms with Gasteiger partial charge in [0.2, 0.25) is 5.52 Å². The number of carboxylic acids is 1. The highest BCUT2D eigenvalue weighted by molar-refractivity contribution is 8.04. The summed E-state index contributed by atoms with van der Waals surface area (Å²) in [5, 5.41) is 16.1. The van der Waals surface area contributed by atoms with Crippen molar-refractivity contribution in [2.24, 2.45) is 0 Å². The lowest BCUT2D eigenvalue weighted by atomic mass is 10.1. The molecule has 0 bridgehead atoms. The summed E-state index contributed by atoms with van der Waals surface area (Å²) in [6.07, 6.45) is 7.78. The van der Waals surface area contributed by atoms with Gasteiger partial charge in [-0.25, -0.2) is 4.79 Å². The Morgan fingerprint density at radius 1 is 0.660 bits per heavy atom. The SMILES string of the molecule is O=C(O)c1ccc(C[n+]2ccc(C=C3Sc4ccccc4N3CCCC[P+](c3ccccc3)(c3ccccc3)c3ccccc3)c3ccccc32)cc1. The molecule has 6 aromatic carbocycles. The Balaban J connectivity index is 1.08. The second kappa shape index (κ2) is 15.6. The van der Waals surface area contributed by atoms with Crippen molar-refractivity contribution >= 4 is 63.6 Å². The molecule has 0 atom stereocenters. The molecule has 1 aliphatic rings. The standard InChI is InChI=1S/C47H40N2O2PS/c50-47(51)37-28-26-36(27-29-37)35-48-32-30-38(42-22-10-11-23-43(42)48)34-46-49(44-24-12-13-25-45(44)53-46)31-14-15-33-52(39-16-4-1-5-17-39,40-18-6-2-7-19-40)41-20-8-3-9-21-41/h1-13,16-30,32,34H,14-15,31,33,35H2/q+1/p+1. The first-order chi connectivity index (χ1) is 26.1. The number of thioether (sulfide) groups is 1. The van der Waals surface area contributed by atoms with Gasteiger partial charge in [-0.05, 0) is 91.2 Å². The zero-order chi connectivity index (χ0) is 36.0. The highest BCUT2D eigenvalue weighted by atomic mass is 32.2. The van der Waals surface area contributed by atoms with Gasteiger partial charge >= 0.3 is 5.97 Å². The van der Waals surface area contributed by atoms with Crippen molar-refractivity contribution in [1.82, 2.24) is 0 Å². The van der Waals surface area contributed by atoms with Crippen molar-refractivity contribution in [2.45, 2.75) is 24.3 Å². The molecule has 1 aliphatic heterocycles. The van der Waals surface area contributed by atoms with Gasteiger partial charge < -0.3 is 10.0 Å². The second-order valence-electron chi connectivity index (χ2n) is 13.4. The summed E-state index contributed by atoms with van der Waals surface area (Å²) in [6.45, 7) is 1.59. The number of hydrogen-bond acceptors (Lipinski definition) is 3. The number of aromatic nitrogens is 1. The molecule has 0 amide bonds. The van der Waals surface area contributed by atoms with Crippen LogP contribution in [-0.2, 0) is 6.54 Å². The Bertz CT molecular complexity index is 2290. The molecule has 0 saturated carbocycles. The molecule has 0 saturated heterocycles. The minimum atomic E-state index is -1.88. The van der Waals surface area contributed by atoms with E-state index in [1.54, 1.807) is 12.1 Å². The number of aromatic carboxylic acids is 1. The molecule has 0 aliphatic carbocycles. The van der Waals surface area contributed by atoms with Crippen LogP contribution in [0.2, 0.25) is 0 Å². The van der Waals surface area contributed by atoms with Crippen LogP contribution in [0.15, 0.2) is 186 Å². The van der Waals surface area contributed by atoms with Crippen LogP contribution >= 0.6 is 19.0 Å². The number of para-hydroxylation sites is 2. The zero-order valence-electron chi connectivity index (χ0n) is 29.5. The molecule has 6 heteroatoms. The van der Waals surface area contributed by atoms with E-state index < -0.39 is 13.2 Å². The van der Waals surface area contributed by atoms with E-state index in [0.717, 1.165) is 36.6 Å². The van der Waals surface area contributed by atoms with Gasteiger partial charge in [0, 0.05) is 29.1 Å². The van der Waals surface area contributed by atoms with E-state index in [9.17, 15) is 9.90 Å². The highest BCUT2D eigenvalue weighted by Gasteiger charge is 2.44. The first kappa shape index (κ1) is 34.6. The van der Waals surface area contributed by atoms with Crippen molar-refractivity contribution in [3.63, 3.8) is 0 Å². The minimum Gasteiger partial charge on any atom is -0.478 e. The van der Waals surface area contributed by atoms with E-state index >= 15 is 0 Å². The molecule has 1 N–H and O–H groups in total. The summed E-state index contributed by atoms with van der Waals surface area (Å²) in [4.78, 5) is 15.2. The summed E-state index contributed by atoms with van der Waals surface area (Å²) in [7, 11) is -1.88. The molecule has 7 aromatic rings. The lowest BCUT2D eigenvalue weighted by Gasteiger charge is -2.28. The maximum Gasteiger partial charge on any atom is 0.335 e. The summed E-state index contributed by atoms with van der Waals surface area (Å²) >= 11 is 1.85. The number of carboxylic acid groups (broad SMARTS) is 1. The van der Waals surface area contributed by atoms with Gasteiger partial charge in [-0.2, -0.15) is 4.57 Å². The topological polar surface area (TPSA) is 44.4 Å². The predicted molar refractivity (Wildman–Crippen MR) is 224 cm³/mol. The normalized spacial score (nSPS) is 13.4. The first-order valence-corrected chi connectivity index (χ1v) is 20.9. The van der Waals surface area contributed by atoms with E-state index in [1.165, 1.54) is 42.5 Å². The third kappa shape index (κ3) is 7.15. The molecule has 260 valence electrons. The summed E-state index contributed by atoms with van der Waals surface area (Å²) in [5.74, 6) is -0.908. The largest absolute Gasteiger partial charge is 0.478 e. The van der Waals surface area contributed by atoms with Crippen molar-refractivity contribution < 1.29 is 14.5 Å². The molecule has 0 radical (unpaired) electrons. The molecule has 53 heavy (non-hydrogen) atoms. The van der Waals surface area contributed by atoms with Crippen LogP contribution in [0, 0.1) is 0 Å². The van der Waals surface area contributed by atoms with Gasteiger partial charge in [-0.3, -0.25) is 0 Å². The summed E-state index contributed by atoms with van der Waals surface area (Å²) in [5.41, 5.74) is 4.95. The van der Waals surface area contributed by atoms with Crippen LogP contribution in [0.5, 0.6) is 0 Å². The van der Waals surface area contributed by atoms with Gasteiger partial charge in [-0.15, -0.1) is 0 Å². The number of nitrogens with zero attached hydrogens (tertiary/aromatic N) is 2. The Hall–Kier alpha value is -5.48. The average Bonchev–Trinajstić information content (AvgIpc) is 3.56. The number of pyridine rings is 1. The van der Waals surface area contributed by atoms with Crippen molar-refractivity contribution in [3.8, 4) is 0 Å². The van der Waals surface area contributed by atoms with E-state index in [4.69, 9.17) is 0 Å². The molecule has 1 aromatic heterocycles. The summed E-state index contributed by atoms with van der Waals surface area (Å²) in [6, 6.07) is 60.2. The molecule has 2 heterocycles. The van der Waals surface area contributed by atoms with Crippen molar-refractivity contribution in [2.75, 3.05) is 17.6 Å². The molecule has 4 nitrogen and oxygen atoms in total. The minimum absolute atomic E-state index is 0.301. The van der Waals surface area contributed by atoms with Crippen LogP contribution in [0.1, 0.15) is 34.3 Å². The van der Waals surface area contributed by atoms with Gasteiger partial charge in [0.05, 0.1) is 27.8 Å². The number of rotatable bonds is 12. The quantitative estimate of drug-likeness (QED) is 0.0774. The number of carbonyl (C=O) groups is 1. The Morgan fingerprint density at radius 3 is 1.89 bits per heavy atom. The van der Waals surface area contributed by atoms with E-state index in [2.05, 4.69) is 167 Å². The van der Waals surface area contributed by atoms with Gasteiger partial charge in [-0.1, -0.05) is 103 Å². The zero-order valence-corrected chi connectivity index (χ0v) is 31.2. The van der Waals surface area contributed by atoms with Crippen molar-refractivity contribution in [3.05, 3.63) is 198 Å². The molecular weight excluding hydrogens is 688 g/mol.